The highest BCUT2D eigenvalue weighted by molar-refractivity contribution is 5.74. The van der Waals surface area contributed by atoms with Crippen LogP contribution in [0.5, 0.6) is 0 Å². The fraction of sp³-hybridized carbons (Fsp3) is 0.412. The van der Waals surface area contributed by atoms with Crippen LogP contribution in [0, 0.1) is 18.6 Å². The van der Waals surface area contributed by atoms with Crippen LogP contribution in [0.1, 0.15) is 11.4 Å². The molecule has 8 heteroatoms. The number of carbonyl (C=O) groups is 1. The van der Waals surface area contributed by atoms with Crippen LogP contribution in [0.15, 0.2) is 24.3 Å². The number of hydrogen-bond acceptors (Lipinski definition) is 3. The van der Waals surface area contributed by atoms with E-state index in [1.807, 2.05) is 20.0 Å². The van der Waals surface area contributed by atoms with Crippen molar-refractivity contribution in [3.63, 3.8) is 0 Å². The molecular formula is C17H21F2N5O. The number of carbonyl (C=O) groups excluding carboxylic acids is 1. The highest BCUT2D eigenvalue weighted by Crippen LogP contribution is 2.21. The molecule has 2 heterocycles. The summed E-state index contributed by atoms with van der Waals surface area (Å²) in [4.78, 5) is 15.7. The van der Waals surface area contributed by atoms with E-state index in [2.05, 4.69) is 10.4 Å². The maximum Gasteiger partial charge on any atom is 0.317 e. The Kier molecular flexibility index (Phi) is 4.87. The minimum atomic E-state index is -0.469. The summed E-state index contributed by atoms with van der Waals surface area (Å²) in [6.07, 6.45) is 0. The van der Waals surface area contributed by atoms with E-state index in [9.17, 15) is 13.6 Å². The fourth-order valence-corrected chi connectivity index (χ4v) is 2.99. The van der Waals surface area contributed by atoms with Crippen LogP contribution >= 0.6 is 0 Å². The Bertz CT molecular complexity index is 768. The summed E-state index contributed by atoms with van der Waals surface area (Å²) in [5.74, 6) is -0.922. The van der Waals surface area contributed by atoms with Crippen LogP contribution in [-0.2, 0) is 13.6 Å². The van der Waals surface area contributed by atoms with Crippen LogP contribution in [0.25, 0.3) is 0 Å². The molecule has 1 saturated heterocycles. The molecule has 3 rings (SSSR count). The summed E-state index contributed by atoms with van der Waals surface area (Å²) in [7, 11) is 1.83. The Morgan fingerprint density at radius 2 is 1.92 bits per heavy atom. The third-order valence-electron chi connectivity index (χ3n) is 4.34. The first-order chi connectivity index (χ1) is 11.9. The lowest BCUT2D eigenvalue weighted by atomic mass is 10.2. The number of hydrogen-bond donors (Lipinski definition) is 1. The predicted octanol–water partition coefficient (Wildman–Crippen LogP) is 2.04. The number of rotatable bonds is 3. The molecule has 0 radical (unpaired) electrons. The second-order valence-electron chi connectivity index (χ2n) is 6.13. The molecule has 1 fully saturated rings. The number of piperazine rings is 1. The molecule has 1 aliphatic heterocycles. The maximum atomic E-state index is 13.8. The Morgan fingerprint density at radius 3 is 2.56 bits per heavy atom. The van der Waals surface area contributed by atoms with Gasteiger partial charge in [-0.05, 0) is 25.1 Å². The number of aromatic nitrogens is 2. The Balaban J connectivity index is 1.54. The number of nitrogens with zero attached hydrogens (tertiary/aromatic N) is 4. The molecule has 6 nitrogen and oxygen atoms in total. The first-order valence-corrected chi connectivity index (χ1v) is 8.16. The van der Waals surface area contributed by atoms with Crippen LogP contribution in [0.2, 0.25) is 0 Å². The molecule has 1 aromatic carbocycles. The first-order valence-electron chi connectivity index (χ1n) is 8.16. The third kappa shape index (κ3) is 3.89. The molecule has 0 saturated carbocycles. The van der Waals surface area contributed by atoms with Crippen molar-refractivity contribution >= 4 is 11.7 Å². The van der Waals surface area contributed by atoms with Gasteiger partial charge >= 0.3 is 6.03 Å². The van der Waals surface area contributed by atoms with Crippen molar-refractivity contribution < 1.29 is 13.6 Å². The van der Waals surface area contributed by atoms with Gasteiger partial charge in [0.25, 0.3) is 0 Å². The van der Waals surface area contributed by atoms with Crippen molar-refractivity contribution in [2.45, 2.75) is 13.5 Å². The van der Waals surface area contributed by atoms with E-state index in [1.54, 1.807) is 14.5 Å². The second kappa shape index (κ2) is 7.08. The lowest BCUT2D eigenvalue weighted by Crippen LogP contribution is -2.52. The van der Waals surface area contributed by atoms with E-state index >= 15 is 0 Å². The smallest absolute Gasteiger partial charge is 0.317 e. The molecule has 0 aliphatic carbocycles. The topological polar surface area (TPSA) is 53.4 Å². The number of benzene rings is 1. The number of halogens is 2. The standard InChI is InChI=1S/C17H21F2N5O/c1-12-9-14(22(2)21-12)11-20-17(25)24-7-5-23(6-8-24)16-10-13(18)3-4-15(16)19/h3-4,9-10H,5-8,11H2,1-2H3,(H,20,25). The van der Waals surface area contributed by atoms with Gasteiger partial charge in [0.2, 0.25) is 0 Å². The normalized spacial score (nSPS) is 14.7. The van der Waals surface area contributed by atoms with Crippen LogP contribution in [0.3, 0.4) is 0 Å². The summed E-state index contributed by atoms with van der Waals surface area (Å²) in [6.45, 7) is 4.11. The van der Waals surface area contributed by atoms with E-state index in [-0.39, 0.29) is 11.7 Å². The molecule has 1 N–H and O–H groups in total. The average Bonchev–Trinajstić information content (AvgIpc) is 2.92. The Morgan fingerprint density at radius 1 is 1.20 bits per heavy atom. The lowest BCUT2D eigenvalue weighted by molar-refractivity contribution is 0.193. The summed E-state index contributed by atoms with van der Waals surface area (Å²) < 4.78 is 28.9. The zero-order chi connectivity index (χ0) is 18.0. The highest BCUT2D eigenvalue weighted by atomic mass is 19.1. The molecule has 0 spiro atoms. The summed E-state index contributed by atoms with van der Waals surface area (Å²) in [5.41, 5.74) is 2.06. The van der Waals surface area contributed by atoms with Crippen LogP contribution < -0.4 is 10.2 Å². The Hall–Kier alpha value is -2.64. The summed E-state index contributed by atoms with van der Waals surface area (Å²) in [5, 5.41) is 7.11. The molecule has 2 aromatic rings. The number of amides is 2. The fourth-order valence-electron chi connectivity index (χ4n) is 2.99. The minimum absolute atomic E-state index is 0.168. The van der Waals surface area contributed by atoms with Gasteiger partial charge in [0.15, 0.2) is 0 Å². The van der Waals surface area contributed by atoms with Crippen LogP contribution in [-0.4, -0.2) is 46.9 Å². The monoisotopic (exact) mass is 349 g/mol. The van der Waals surface area contributed by atoms with Gasteiger partial charge in [-0.3, -0.25) is 4.68 Å². The van der Waals surface area contributed by atoms with Gasteiger partial charge in [-0.1, -0.05) is 0 Å². The largest absolute Gasteiger partial charge is 0.366 e. The number of anilines is 1. The SMILES string of the molecule is Cc1cc(CNC(=O)N2CCN(c3cc(F)ccc3F)CC2)n(C)n1. The van der Waals surface area contributed by atoms with E-state index in [4.69, 9.17) is 0 Å². The first kappa shape index (κ1) is 17.2. The quantitative estimate of drug-likeness (QED) is 0.923. The van der Waals surface area contributed by atoms with Gasteiger partial charge in [-0.15, -0.1) is 0 Å². The zero-order valence-corrected chi connectivity index (χ0v) is 14.3. The lowest BCUT2D eigenvalue weighted by Gasteiger charge is -2.36. The van der Waals surface area contributed by atoms with E-state index < -0.39 is 11.6 Å². The van der Waals surface area contributed by atoms with Crippen molar-refractivity contribution in [1.29, 1.82) is 0 Å². The van der Waals surface area contributed by atoms with Gasteiger partial charge in [0, 0.05) is 39.3 Å². The van der Waals surface area contributed by atoms with E-state index in [1.165, 1.54) is 6.07 Å². The number of urea groups is 1. The van der Waals surface area contributed by atoms with E-state index in [0.717, 1.165) is 23.5 Å². The molecule has 2 amide bonds. The van der Waals surface area contributed by atoms with Gasteiger partial charge < -0.3 is 15.1 Å². The Labute approximate surface area is 145 Å². The average molecular weight is 349 g/mol. The molecule has 134 valence electrons. The molecule has 0 unspecified atom stereocenters. The molecule has 25 heavy (non-hydrogen) atoms. The molecule has 1 aliphatic rings. The maximum absolute atomic E-state index is 13.8. The van der Waals surface area contributed by atoms with Gasteiger partial charge in [0.1, 0.15) is 11.6 Å². The van der Waals surface area contributed by atoms with Crippen LogP contribution in [0.4, 0.5) is 19.3 Å². The third-order valence-corrected chi connectivity index (χ3v) is 4.34. The summed E-state index contributed by atoms with van der Waals surface area (Å²) >= 11 is 0. The van der Waals surface area contributed by atoms with Crippen molar-refractivity contribution in [2.24, 2.45) is 7.05 Å². The molecular weight excluding hydrogens is 328 g/mol. The molecule has 0 atom stereocenters. The minimum Gasteiger partial charge on any atom is -0.366 e. The number of nitrogens with one attached hydrogen (secondary N) is 1. The van der Waals surface area contributed by atoms with Gasteiger partial charge in [-0.25, -0.2) is 13.6 Å². The molecule has 0 bridgehead atoms. The van der Waals surface area contributed by atoms with Crippen molar-refractivity contribution in [3.05, 3.63) is 47.3 Å². The summed E-state index contributed by atoms with van der Waals surface area (Å²) in [6, 6.07) is 5.17. The van der Waals surface area contributed by atoms with Gasteiger partial charge in [-0.2, -0.15) is 5.10 Å². The number of aryl methyl sites for hydroxylation is 2. The van der Waals surface area contributed by atoms with Gasteiger partial charge in [0.05, 0.1) is 23.6 Å². The second-order valence-corrected chi connectivity index (χ2v) is 6.13. The van der Waals surface area contributed by atoms with E-state index in [0.29, 0.717) is 32.7 Å². The predicted molar refractivity (Wildman–Crippen MR) is 90.3 cm³/mol. The highest BCUT2D eigenvalue weighted by Gasteiger charge is 2.23. The molecule has 1 aromatic heterocycles. The van der Waals surface area contributed by atoms with Crippen molar-refractivity contribution in [2.75, 3.05) is 31.1 Å². The van der Waals surface area contributed by atoms with Crippen molar-refractivity contribution in [1.82, 2.24) is 20.0 Å². The zero-order valence-electron chi connectivity index (χ0n) is 14.3. The van der Waals surface area contributed by atoms with Crippen molar-refractivity contribution in [3.8, 4) is 0 Å².